The molecule has 3 rings (SSSR count). The highest BCUT2D eigenvalue weighted by Crippen LogP contribution is 2.30. The second-order valence-corrected chi connectivity index (χ2v) is 6.88. The van der Waals surface area contributed by atoms with Crippen molar-refractivity contribution in [1.29, 1.82) is 5.26 Å². The molecule has 0 bridgehead atoms. The zero-order valence-electron chi connectivity index (χ0n) is 17.1. The molecular weight excluding hydrogens is 366 g/mol. The van der Waals surface area contributed by atoms with Gasteiger partial charge in [-0.05, 0) is 24.1 Å². The zero-order valence-corrected chi connectivity index (χ0v) is 17.1. The third-order valence-corrected chi connectivity index (χ3v) is 5.00. The average Bonchev–Trinajstić information content (AvgIpc) is 3.25. The van der Waals surface area contributed by atoms with Crippen molar-refractivity contribution in [3.05, 3.63) is 53.6 Å². The van der Waals surface area contributed by atoms with Crippen molar-refractivity contribution in [3.8, 4) is 17.6 Å². The molecule has 0 spiro atoms. The van der Waals surface area contributed by atoms with E-state index in [0.717, 1.165) is 48.2 Å². The lowest BCUT2D eigenvalue weighted by Crippen LogP contribution is -2.44. The Morgan fingerprint density at radius 2 is 1.86 bits per heavy atom. The number of nitriles is 1. The summed E-state index contributed by atoms with van der Waals surface area (Å²) in [5, 5.41) is 15.7. The van der Waals surface area contributed by atoms with Crippen LogP contribution in [0.15, 0.2) is 47.5 Å². The molecule has 1 aliphatic rings. The van der Waals surface area contributed by atoms with Gasteiger partial charge in [0.25, 0.3) is 0 Å². The van der Waals surface area contributed by atoms with Crippen LogP contribution in [-0.4, -0.2) is 46.4 Å². The molecule has 2 aromatic rings. The zero-order chi connectivity index (χ0) is 20.6. The van der Waals surface area contributed by atoms with Crippen LogP contribution in [0.25, 0.3) is 0 Å². The van der Waals surface area contributed by atoms with Crippen LogP contribution < -0.4 is 25.0 Å². The highest BCUT2D eigenvalue weighted by atomic mass is 16.5. The van der Waals surface area contributed by atoms with E-state index in [0.29, 0.717) is 18.2 Å². The summed E-state index contributed by atoms with van der Waals surface area (Å²) in [4.78, 5) is 6.65. The van der Waals surface area contributed by atoms with E-state index in [1.165, 1.54) is 0 Å². The summed E-state index contributed by atoms with van der Waals surface area (Å²) >= 11 is 0. The highest BCUT2D eigenvalue weighted by molar-refractivity contribution is 5.80. The Kier molecular flexibility index (Phi) is 6.80. The van der Waals surface area contributed by atoms with Crippen LogP contribution in [0.4, 0.5) is 5.69 Å². The standard InChI is InChI=1S/C22H27N5O2/c1-24-22(25-14-17-6-4-16(13-23)5-7-17)26-18-8-9-27(15-18)19-10-20(28-2)12-21(11-19)29-3/h4-7,10-12,18H,8-9,14-15H2,1-3H3,(H2,24,25,26). The number of rotatable bonds is 6. The van der Waals surface area contributed by atoms with Gasteiger partial charge >= 0.3 is 0 Å². The van der Waals surface area contributed by atoms with Gasteiger partial charge in [-0.2, -0.15) is 5.26 Å². The molecule has 0 amide bonds. The topological polar surface area (TPSA) is 81.9 Å². The molecule has 1 aliphatic heterocycles. The first-order valence-electron chi connectivity index (χ1n) is 9.59. The van der Waals surface area contributed by atoms with Crippen LogP contribution >= 0.6 is 0 Å². The smallest absolute Gasteiger partial charge is 0.191 e. The van der Waals surface area contributed by atoms with Gasteiger partial charge in [0.05, 0.1) is 25.9 Å². The van der Waals surface area contributed by atoms with Gasteiger partial charge in [-0.3, -0.25) is 4.99 Å². The summed E-state index contributed by atoms with van der Waals surface area (Å²) in [5.74, 6) is 2.34. The molecule has 1 fully saturated rings. The van der Waals surface area contributed by atoms with Crippen LogP contribution in [0.2, 0.25) is 0 Å². The summed E-state index contributed by atoms with van der Waals surface area (Å²) < 4.78 is 10.8. The van der Waals surface area contributed by atoms with Crippen LogP contribution in [0, 0.1) is 11.3 Å². The van der Waals surface area contributed by atoms with Gasteiger partial charge in [-0.15, -0.1) is 0 Å². The van der Waals surface area contributed by atoms with Crippen LogP contribution in [0.3, 0.4) is 0 Å². The van der Waals surface area contributed by atoms with E-state index in [2.05, 4.69) is 26.6 Å². The Morgan fingerprint density at radius 3 is 2.45 bits per heavy atom. The minimum atomic E-state index is 0.291. The van der Waals surface area contributed by atoms with E-state index in [1.54, 1.807) is 21.3 Å². The number of hydrogen-bond donors (Lipinski definition) is 2. The lowest BCUT2D eigenvalue weighted by atomic mass is 10.1. The van der Waals surface area contributed by atoms with E-state index in [-0.39, 0.29) is 0 Å². The van der Waals surface area contributed by atoms with Gasteiger partial charge in [-0.25, -0.2) is 0 Å². The number of methoxy groups -OCH3 is 2. The van der Waals surface area contributed by atoms with Gasteiger partial charge in [0.2, 0.25) is 0 Å². The predicted octanol–water partition coefficient (Wildman–Crippen LogP) is 2.52. The first kappa shape index (κ1) is 20.3. The molecule has 0 saturated carbocycles. The van der Waals surface area contributed by atoms with Gasteiger partial charge < -0.3 is 25.0 Å². The Morgan fingerprint density at radius 1 is 1.17 bits per heavy atom. The van der Waals surface area contributed by atoms with Crippen molar-refractivity contribution >= 4 is 11.6 Å². The first-order valence-corrected chi connectivity index (χ1v) is 9.59. The average molecular weight is 393 g/mol. The number of ether oxygens (including phenoxy) is 2. The molecular formula is C22H27N5O2. The normalized spacial score (nSPS) is 16.3. The van der Waals surface area contributed by atoms with E-state index < -0.39 is 0 Å². The lowest BCUT2D eigenvalue weighted by Gasteiger charge is -2.21. The maximum Gasteiger partial charge on any atom is 0.191 e. The van der Waals surface area contributed by atoms with E-state index in [4.69, 9.17) is 14.7 Å². The molecule has 2 N–H and O–H groups in total. The monoisotopic (exact) mass is 393 g/mol. The molecule has 0 radical (unpaired) electrons. The molecule has 0 aromatic heterocycles. The highest BCUT2D eigenvalue weighted by Gasteiger charge is 2.24. The third kappa shape index (κ3) is 5.32. The Balaban J connectivity index is 1.56. The number of nitrogens with one attached hydrogen (secondary N) is 2. The van der Waals surface area contributed by atoms with Crippen molar-refractivity contribution in [2.75, 3.05) is 39.3 Å². The SMILES string of the molecule is CN=C(NCc1ccc(C#N)cc1)NC1CCN(c2cc(OC)cc(OC)c2)C1. The quantitative estimate of drug-likeness (QED) is 0.580. The second kappa shape index (κ2) is 9.69. The Labute approximate surface area is 172 Å². The van der Waals surface area contributed by atoms with Gasteiger partial charge in [-0.1, -0.05) is 12.1 Å². The molecule has 1 atom stereocenters. The summed E-state index contributed by atoms with van der Waals surface area (Å²) in [5.41, 5.74) is 2.85. The van der Waals surface area contributed by atoms with E-state index in [9.17, 15) is 0 Å². The second-order valence-electron chi connectivity index (χ2n) is 6.88. The lowest BCUT2D eigenvalue weighted by molar-refractivity contribution is 0.394. The fourth-order valence-corrected chi connectivity index (χ4v) is 3.36. The third-order valence-electron chi connectivity index (χ3n) is 5.00. The van der Waals surface area contributed by atoms with Crippen LogP contribution in [-0.2, 0) is 6.54 Å². The molecule has 0 aliphatic carbocycles. The first-order chi connectivity index (χ1) is 14.1. The van der Waals surface area contributed by atoms with Crippen molar-refractivity contribution in [1.82, 2.24) is 10.6 Å². The molecule has 1 saturated heterocycles. The summed E-state index contributed by atoms with van der Waals surface area (Å²) in [6.45, 7) is 2.46. The largest absolute Gasteiger partial charge is 0.497 e. The van der Waals surface area contributed by atoms with E-state index >= 15 is 0 Å². The molecule has 7 heteroatoms. The number of hydrogen-bond acceptors (Lipinski definition) is 5. The molecule has 152 valence electrons. The predicted molar refractivity (Wildman–Crippen MR) is 115 cm³/mol. The Bertz CT molecular complexity index is 867. The fourth-order valence-electron chi connectivity index (χ4n) is 3.36. The summed E-state index contributed by atoms with van der Waals surface area (Å²) in [7, 11) is 5.10. The molecule has 1 unspecified atom stereocenters. The maximum absolute atomic E-state index is 8.89. The molecule has 1 heterocycles. The van der Waals surface area contributed by atoms with Crippen molar-refractivity contribution in [2.24, 2.45) is 4.99 Å². The summed E-state index contributed by atoms with van der Waals surface area (Å²) in [6.07, 6.45) is 1.01. The van der Waals surface area contributed by atoms with Gasteiger partial charge in [0, 0.05) is 56.6 Å². The number of benzene rings is 2. The van der Waals surface area contributed by atoms with Crippen LogP contribution in [0.5, 0.6) is 11.5 Å². The van der Waals surface area contributed by atoms with Crippen molar-refractivity contribution in [2.45, 2.75) is 19.0 Å². The fraction of sp³-hybridized carbons (Fsp3) is 0.364. The van der Waals surface area contributed by atoms with Gasteiger partial charge in [0.1, 0.15) is 11.5 Å². The van der Waals surface area contributed by atoms with Crippen molar-refractivity contribution in [3.63, 3.8) is 0 Å². The van der Waals surface area contributed by atoms with Gasteiger partial charge in [0.15, 0.2) is 5.96 Å². The Hall–Kier alpha value is -3.40. The molecule has 7 nitrogen and oxygen atoms in total. The minimum Gasteiger partial charge on any atom is -0.497 e. The summed E-state index contributed by atoms with van der Waals surface area (Å²) in [6, 6.07) is 15.9. The molecule has 2 aromatic carbocycles. The number of anilines is 1. The van der Waals surface area contributed by atoms with Crippen molar-refractivity contribution < 1.29 is 9.47 Å². The minimum absolute atomic E-state index is 0.291. The number of nitrogens with zero attached hydrogens (tertiary/aromatic N) is 3. The number of aliphatic imine (C=N–C) groups is 1. The van der Waals surface area contributed by atoms with E-state index in [1.807, 2.05) is 42.5 Å². The van der Waals surface area contributed by atoms with Crippen LogP contribution in [0.1, 0.15) is 17.5 Å². The number of guanidine groups is 1. The molecule has 29 heavy (non-hydrogen) atoms. The maximum atomic E-state index is 8.89.